The Morgan fingerprint density at radius 3 is 2.88 bits per heavy atom. The van der Waals surface area contributed by atoms with Crippen LogP contribution in [0.5, 0.6) is 0 Å². The zero-order valence-electron chi connectivity index (χ0n) is 14.1. The molecule has 3 heterocycles. The van der Waals surface area contributed by atoms with Crippen molar-refractivity contribution in [3.8, 4) is 0 Å². The summed E-state index contributed by atoms with van der Waals surface area (Å²) in [5, 5.41) is 6.74. The van der Waals surface area contributed by atoms with E-state index in [1.165, 1.54) is 0 Å². The van der Waals surface area contributed by atoms with Crippen LogP contribution in [0.15, 0.2) is 59.6 Å². The first-order valence-corrected chi connectivity index (χ1v) is 8.14. The topological polar surface area (TPSA) is 92.2 Å². The number of hydrogen-bond acceptors (Lipinski definition) is 5. The van der Waals surface area contributed by atoms with Gasteiger partial charge in [-0.1, -0.05) is 12.1 Å². The second kappa shape index (κ2) is 6.72. The smallest absolute Gasteiger partial charge is 0.274 e. The number of carbonyl (C=O) groups is 1. The number of pyridine rings is 1. The molecule has 1 fully saturated rings. The number of aliphatic imine (C=N–C) groups is 1. The highest BCUT2D eigenvalue weighted by atomic mass is 16.2. The fourth-order valence-corrected chi connectivity index (χ4v) is 2.58. The molecule has 128 valence electrons. The molecule has 0 unspecified atom stereocenters. The number of hydrogen-bond donors (Lipinski definition) is 2. The zero-order chi connectivity index (χ0) is 17.9. The summed E-state index contributed by atoms with van der Waals surface area (Å²) in [6.07, 6.45) is 6.91. The van der Waals surface area contributed by atoms with Crippen molar-refractivity contribution in [2.24, 2.45) is 4.99 Å². The molecule has 0 spiro atoms. The lowest BCUT2D eigenvalue weighted by atomic mass is 10.1. The molecule has 4 rings (SSSR count). The second-order valence-electron chi connectivity index (χ2n) is 5.91. The van der Waals surface area contributed by atoms with E-state index in [4.69, 9.17) is 0 Å². The molecule has 7 heteroatoms. The van der Waals surface area contributed by atoms with E-state index in [2.05, 4.69) is 30.6 Å². The first kappa shape index (κ1) is 15.9. The van der Waals surface area contributed by atoms with Crippen molar-refractivity contribution >= 4 is 28.8 Å². The van der Waals surface area contributed by atoms with Gasteiger partial charge in [0.15, 0.2) is 0 Å². The Balaban J connectivity index is 1.52. The highest BCUT2D eigenvalue weighted by Crippen LogP contribution is 2.16. The first-order valence-electron chi connectivity index (χ1n) is 8.14. The van der Waals surface area contributed by atoms with Crippen LogP contribution in [0.3, 0.4) is 0 Å². The van der Waals surface area contributed by atoms with Gasteiger partial charge < -0.3 is 5.32 Å². The van der Waals surface area contributed by atoms with Crippen LogP contribution in [-0.4, -0.2) is 26.8 Å². The first-order chi connectivity index (χ1) is 12.7. The van der Waals surface area contributed by atoms with Gasteiger partial charge in [-0.3, -0.25) is 25.1 Å². The third-order valence-corrected chi connectivity index (χ3v) is 3.90. The minimum Gasteiger partial charge on any atom is -0.321 e. The summed E-state index contributed by atoms with van der Waals surface area (Å²) >= 11 is 0. The van der Waals surface area contributed by atoms with E-state index in [1.807, 2.05) is 37.3 Å². The van der Waals surface area contributed by atoms with Gasteiger partial charge in [0, 0.05) is 17.8 Å². The van der Waals surface area contributed by atoms with Crippen molar-refractivity contribution < 1.29 is 4.79 Å². The molecule has 2 aromatic heterocycles. The van der Waals surface area contributed by atoms with Gasteiger partial charge in [0.25, 0.3) is 5.91 Å². The highest BCUT2D eigenvalue weighted by Gasteiger charge is 2.21. The molecule has 1 amide bonds. The lowest BCUT2D eigenvalue weighted by Crippen LogP contribution is -2.25. The average Bonchev–Trinajstić information content (AvgIpc) is 3.01. The number of amides is 1. The highest BCUT2D eigenvalue weighted by molar-refractivity contribution is 6.15. The van der Waals surface area contributed by atoms with Crippen LogP contribution in [0, 0.1) is 6.92 Å². The number of guanidine groups is 1. The molecule has 1 aromatic carbocycles. The zero-order valence-corrected chi connectivity index (χ0v) is 14.1. The normalized spacial score (nSPS) is 16.9. The van der Waals surface area contributed by atoms with Gasteiger partial charge in [0.1, 0.15) is 5.70 Å². The van der Waals surface area contributed by atoms with Crippen molar-refractivity contribution in [1.82, 2.24) is 25.6 Å². The molecule has 0 saturated carbocycles. The fraction of sp³-hybridized carbons (Fsp3) is 0.105. The van der Waals surface area contributed by atoms with Crippen molar-refractivity contribution in [1.29, 1.82) is 0 Å². The Labute approximate surface area is 149 Å². The SMILES string of the molecule is Cc1cnc(CN=C2NC(=O)/C(=C/c3ccc4ncccc4c3)N2)cn1. The molecular weight excluding hydrogens is 328 g/mol. The molecule has 1 saturated heterocycles. The quantitative estimate of drug-likeness (QED) is 0.709. The molecule has 26 heavy (non-hydrogen) atoms. The maximum Gasteiger partial charge on any atom is 0.274 e. The van der Waals surface area contributed by atoms with Gasteiger partial charge in [-0.15, -0.1) is 0 Å². The molecule has 1 aliphatic rings. The molecule has 0 bridgehead atoms. The van der Waals surface area contributed by atoms with Crippen LogP contribution in [0.4, 0.5) is 0 Å². The summed E-state index contributed by atoms with van der Waals surface area (Å²) in [6.45, 7) is 2.21. The van der Waals surface area contributed by atoms with E-state index in [0.29, 0.717) is 18.2 Å². The van der Waals surface area contributed by atoms with Crippen molar-refractivity contribution in [3.05, 3.63) is 71.6 Å². The minimum atomic E-state index is -0.218. The van der Waals surface area contributed by atoms with Crippen LogP contribution >= 0.6 is 0 Å². The van der Waals surface area contributed by atoms with E-state index >= 15 is 0 Å². The van der Waals surface area contributed by atoms with Gasteiger partial charge in [0.05, 0.1) is 29.6 Å². The number of nitrogens with one attached hydrogen (secondary N) is 2. The number of aryl methyl sites for hydroxylation is 1. The third kappa shape index (κ3) is 3.41. The summed E-state index contributed by atoms with van der Waals surface area (Å²) in [6, 6.07) is 9.72. The maximum atomic E-state index is 12.1. The summed E-state index contributed by atoms with van der Waals surface area (Å²) in [7, 11) is 0. The number of rotatable bonds is 3. The van der Waals surface area contributed by atoms with Gasteiger partial charge in [-0.2, -0.15) is 0 Å². The molecule has 2 N–H and O–H groups in total. The van der Waals surface area contributed by atoms with Gasteiger partial charge in [-0.25, -0.2) is 4.99 Å². The van der Waals surface area contributed by atoms with E-state index in [0.717, 1.165) is 27.9 Å². The minimum absolute atomic E-state index is 0.218. The average molecular weight is 344 g/mol. The summed E-state index contributed by atoms with van der Waals surface area (Å²) in [5.74, 6) is 0.191. The Kier molecular flexibility index (Phi) is 4.10. The molecule has 0 radical (unpaired) electrons. The standard InChI is InChI=1S/C19H16N6O/c1-12-9-22-15(10-21-12)11-23-19-24-17(18(26)25-19)8-13-4-5-16-14(7-13)3-2-6-20-16/h2-10H,11H2,1H3,(H2,23,24,25,26)/b17-8-. The summed E-state index contributed by atoms with van der Waals surface area (Å²) in [4.78, 5) is 29.2. The number of benzene rings is 1. The number of fused-ring (bicyclic) bond motifs is 1. The number of aromatic nitrogens is 3. The van der Waals surface area contributed by atoms with Crippen LogP contribution in [0.2, 0.25) is 0 Å². The molecule has 0 atom stereocenters. The number of carbonyl (C=O) groups excluding carboxylic acids is 1. The fourth-order valence-electron chi connectivity index (χ4n) is 2.58. The van der Waals surface area contributed by atoms with E-state index in [9.17, 15) is 4.79 Å². The second-order valence-corrected chi connectivity index (χ2v) is 5.91. The van der Waals surface area contributed by atoms with Gasteiger partial charge in [-0.05, 0) is 36.8 Å². The van der Waals surface area contributed by atoms with E-state index in [1.54, 1.807) is 24.7 Å². The van der Waals surface area contributed by atoms with Crippen molar-refractivity contribution in [2.45, 2.75) is 13.5 Å². The van der Waals surface area contributed by atoms with Crippen molar-refractivity contribution in [3.63, 3.8) is 0 Å². The van der Waals surface area contributed by atoms with Crippen LogP contribution in [-0.2, 0) is 11.3 Å². The lowest BCUT2D eigenvalue weighted by molar-refractivity contribution is -0.115. The van der Waals surface area contributed by atoms with Gasteiger partial charge >= 0.3 is 0 Å². The van der Waals surface area contributed by atoms with Crippen LogP contribution in [0.25, 0.3) is 17.0 Å². The maximum absolute atomic E-state index is 12.1. The molecule has 0 aliphatic carbocycles. The molecule has 7 nitrogen and oxygen atoms in total. The van der Waals surface area contributed by atoms with Crippen LogP contribution < -0.4 is 10.6 Å². The lowest BCUT2D eigenvalue weighted by Gasteiger charge is -2.00. The van der Waals surface area contributed by atoms with E-state index < -0.39 is 0 Å². The van der Waals surface area contributed by atoms with Gasteiger partial charge in [0.2, 0.25) is 5.96 Å². The summed E-state index contributed by atoms with van der Waals surface area (Å²) < 4.78 is 0. The predicted molar refractivity (Wildman–Crippen MR) is 98.9 cm³/mol. The van der Waals surface area contributed by atoms with E-state index in [-0.39, 0.29) is 5.91 Å². The summed E-state index contributed by atoms with van der Waals surface area (Å²) in [5.41, 5.74) is 3.86. The molecule has 3 aromatic rings. The predicted octanol–water partition coefficient (Wildman–Crippen LogP) is 1.95. The Morgan fingerprint density at radius 2 is 2.04 bits per heavy atom. The third-order valence-electron chi connectivity index (χ3n) is 3.90. The molecular formula is C19H16N6O. The van der Waals surface area contributed by atoms with Crippen LogP contribution in [0.1, 0.15) is 17.0 Å². The molecule has 1 aliphatic heterocycles. The number of nitrogens with zero attached hydrogens (tertiary/aromatic N) is 4. The largest absolute Gasteiger partial charge is 0.321 e. The monoisotopic (exact) mass is 344 g/mol. The Hall–Kier alpha value is -3.61. The Morgan fingerprint density at radius 1 is 1.12 bits per heavy atom. The van der Waals surface area contributed by atoms with Crippen molar-refractivity contribution in [2.75, 3.05) is 0 Å². The Bertz CT molecular complexity index is 1040.